The fourth-order valence-electron chi connectivity index (χ4n) is 1.28. The lowest BCUT2D eigenvalue weighted by Gasteiger charge is -2.09. The van der Waals surface area contributed by atoms with E-state index in [4.69, 9.17) is 5.26 Å². The van der Waals surface area contributed by atoms with E-state index in [1.807, 2.05) is 0 Å². The van der Waals surface area contributed by atoms with Crippen LogP contribution in [-0.2, 0) is 4.79 Å². The Kier molecular flexibility index (Phi) is 2.87. The summed E-state index contributed by atoms with van der Waals surface area (Å²) in [4.78, 5) is 12.3. The molecule has 0 N–H and O–H groups in total. The molecule has 1 aliphatic carbocycles. The Hall–Kier alpha value is -1.30. The molecule has 1 amide bonds. The molecule has 12 heavy (non-hydrogen) atoms. The zero-order valence-electron chi connectivity index (χ0n) is 7.16. The quantitative estimate of drug-likeness (QED) is 0.350. The summed E-state index contributed by atoms with van der Waals surface area (Å²) >= 11 is 0. The zero-order valence-corrected chi connectivity index (χ0v) is 7.16. The van der Waals surface area contributed by atoms with Crippen LogP contribution in [0.2, 0.25) is 0 Å². The second-order valence-corrected chi connectivity index (χ2v) is 3.02. The van der Waals surface area contributed by atoms with E-state index in [2.05, 4.69) is 12.2 Å². The lowest BCUT2D eigenvalue weighted by Crippen LogP contribution is -2.22. The number of nitriles is 1. The summed E-state index contributed by atoms with van der Waals surface area (Å²) in [6, 6.07) is 0. The fraction of sp³-hybridized carbons (Fsp3) is 0.556. The standard InChI is InChI=1S/C9H12N2O/c1-11(7-10)9(12)6-8-4-2-3-5-8/h2,4,8H,3,5-6H2,1H3. The molecule has 0 heterocycles. The summed E-state index contributed by atoms with van der Waals surface area (Å²) in [7, 11) is 1.50. The molecule has 0 saturated heterocycles. The van der Waals surface area contributed by atoms with Gasteiger partial charge in [-0.15, -0.1) is 0 Å². The van der Waals surface area contributed by atoms with Crippen molar-refractivity contribution < 1.29 is 4.79 Å². The number of hydrogen-bond donors (Lipinski definition) is 0. The number of allylic oxidation sites excluding steroid dienone is 2. The minimum absolute atomic E-state index is 0.0888. The van der Waals surface area contributed by atoms with Crippen LogP contribution in [-0.4, -0.2) is 17.9 Å². The topological polar surface area (TPSA) is 44.1 Å². The summed E-state index contributed by atoms with van der Waals surface area (Å²) in [5, 5.41) is 8.42. The first-order chi connectivity index (χ1) is 5.74. The normalized spacial score (nSPS) is 20.5. The first-order valence-corrected chi connectivity index (χ1v) is 4.07. The van der Waals surface area contributed by atoms with Crippen molar-refractivity contribution in [2.24, 2.45) is 5.92 Å². The molecule has 64 valence electrons. The van der Waals surface area contributed by atoms with E-state index in [0.717, 1.165) is 17.7 Å². The van der Waals surface area contributed by atoms with E-state index in [1.54, 1.807) is 6.19 Å². The van der Waals surface area contributed by atoms with E-state index < -0.39 is 0 Å². The SMILES string of the molecule is CN(C#N)C(=O)CC1C=CCC1. The lowest BCUT2D eigenvalue weighted by atomic mass is 10.1. The average Bonchev–Trinajstić information content (AvgIpc) is 2.55. The van der Waals surface area contributed by atoms with Crippen LogP contribution >= 0.6 is 0 Å². The van der Waals surface area contributed by atoms with Gasteiger partial charge in [-0.25, -0.2) is 0 Å². The molecule has 1 rings (SSSR count). The highest BCUT2D eigenvalue weighted by molar-refractivity contribution is 5.77. The van der Waals surface area contributed by atoms with Gasteiger partial charge in [0.1, 0.15) is 0 Å². The number of amides is 1. The van der Waals surface area contributed by atoms with Crippen LogP contribution in [0.1, 0.15) is 19.3 Å². The molecular weight excluding hydrogens is 152 g/mol. The number of carbonyl (C=O) groups is 1. The van der Waals surface area contributed by atoms with Crippen LogP contribution < -0.4 is 0 Å². The van der Waals surface area contributed by atoms with Gasteiger partial charge in [-0.3, -0.25) is 9.69 Å². The fourth-order valence-corrected chi connectivity index (χ4v) is 1.28. The minimum atomic E-state index is -0.0888. The highest BCUT2D eigenvalue weighted by atomic mass is 16.2. The molecular formula is C9H12N2O. The summed E-state index contributed by atoms with van der Waals surface area (Å²) in [5.74, 6) is 0.266. The Balaban J connectivity index is 2.36. The molecule has 0 radical (unpaired) electrons. The third-order valence-corrected chi connectivity index (χ3v) is 2.07. The van der Waals surface area contributed by atoms with Crippen molar-refractivity contribution in [3.63, 3.8) is 0 Å². The largest absolute Gasteiger partial charge is 0.274 e. The van der Waals surface area contributed by atoms with Crippen molar-refractivity contribution in [2.45, 2.75) is 19.3 Å². The van der Waals surface area contributed by atoms with E-state index in [1.165, 1.54) is 7.05 Å². The highest BCUT2D eigenvalue weighted by Crippen LogP contribution is 2.20. The monoisotopic (exact) mass is 164 g/mol. The average molecular weight is 164 g/mol. The van der Waals surface area contributed by atoms with Gasteiger partial charge in [0.05, 0.1) is 0 Å². The third-order valence-electron chi connectivity index (χ3n) is 2.07. The Bertz CT molecular complexity index is 239. The van der Waals surface area contributed by atoms with E-state index >= 15 is 0 Å². The molecule has 0 aliphatic heterocycles. The molecule has 0 fully saturated rings. The predicted molar refractivity (Wildman–Crippen MR) is 44.9 cm³/mol. The molecule has 0 spiro atoms. The second kappa shape index (κ2) is 3.91. The van der Waals surface area contributed by atoms with Crippen LogP contribution in [0, 0.1) is 17.4 Å². The summed E-state index contributed by atoms with van der Waals surface area (Å²) in [6.45, 7) is 0. The van der Waals surface area contributed by atoms with Crippen molar-refractivity contribution in [2.75, 3.05) is 7.05 Å². The second-order valence-electron chi connectivity index (χ2n) is 3.02. The summed E-state index contributed by atoms with van der Waals surface area (Å²) in [5.41, 5.74) is 0. The van der Waals surface area contributed by atoms with Gasteiger partial charge < -0.3 is 0 Å². The maximum atomic E-state index is 11.2. The lowest BCUT2D eigenvalue weighted by molar-refractivity contribution is -0.127. The van der Waals surface area contributed by atoms with Crippen LogP contribution in [0.4, 0.5) is 0 Å². The number of hydrogen-bond acceptors (Lipinski definition) is 2. The molecule has 0 aromatic rings. The van der Waals surface area contributed by atoms with Crippen molar-refractivity contribution >= 4 is 5.91 Å². The van der Waals surface area contributed by atoms with Crippen molar-refractivity contribution in [3.05, 3.63) is 12.2 Å². The van der Waals surface area contributed by atoms with Crippen LogP contribution in [0.5, 0.6) is 0 Å². The van der Waals surface area contributed by atoms with Gasteiger partial charge in [-0.2, -0.15) is 5.26 Å². The first kappa shape index (κ1) is 8.79. The number of carbonyl (C=O) groups excluding carboxylic acids is 1. The van der Waals surface area contributed by atoms with Gasteiger partial charge in [0.15, 0.2) is 6.19 Å². The highest BCUT2D eigenvalue weighted by Gasteiger charge is 2.16. The van der Waals surface area contributed by atoms with Crippen LogP contribution in [0.25, 0.3) is 0 Å². The number of rotatable bonds is 2. The minimum Gasteiger partial charge on any atom is -0.274 e. The molecule has 3 heteroatoms. The smallest absolute Gasteiger partial charge is 0.235 e. The maximum absolute atomic E-state index is 11.2. The maximum Gasteiger partial charge on any atom is 0.235 e. The van der Waals surface area contributed by atoms with Gasteiger partial charge in [-0.1, -0.05) is 12.2 Å². The third kappa shape index (κ3) is 2.09. The van der Waals surface area contributed by atoms with Crippen molar-refractivity contribution in [1.82, 2.24) is 4.90 Å². The zero-order chi connectivity index (χ0) is 8.97. The van der Waals surface area contributed by atoms with Gasteiger partial charge in [0, 0.05) is 13.5 Å². The van der Waals surface area contributed by atoms with Gasteiger partial charge in [0.2, 0.25) is 5.91 Å². The Labute approximate surface area is 72.3 Å². The van der Waals surface area contributed by atoms with Crippen molar-refractivity contribution in [3.8, 4) is 6.19 Å². The van der Waals surface area contributed by atoms with Crippen LogP contribution in [0.3, 0.4) is 0 Å². The molecule has 0 aromatic carbocycles. The number of nitrogens with zero attached hydrogens (tertiary/aromatic N) is 2. The summed E-state index contributed by atoms with van der Waals surface area (Å²) < 4.78 is 0. The Morgan fingerprint density at radius 2 is 2.58 bits per heavy atom. The van der Waals surface area contributed by atoms with Crippen molar-refractivity contribution in [1.29, 1.82) is 5.26 Å². The molecule has 1 aliphatic rings. The van der Waals surface area contributed by atoms with E-state index in [-0.39, 0.29) is 5.91 Å². The first-order valence-electron chi connectivity index (χ1n) is 4.07. The van der Waals surface area contributed by atoms with Gasteiger partial charge in [-0.05, 0) is 18.8 Å². The van der Waals surface area contributed by atoms with Gasteiger partial charge in [0.25, 0.3) is 0 Å². The predicted octanol–water partition coefficient (Wildman–Crippen LogP) is 1.28. The molecule has 0 bridgehead atoms. The van der Waals surface area contributed by atoms with Gasteiger partial charge >= 0.3 is 0 Å². The van der Waals surface area contributed by atoms with E-state index in [9.17, 15) is 4.79 Å². The molecule has 3 nitrogen and oxygen atoms in total. The molecule has 1 unspecified atom stereocenters. The Morgan fingerprint density at radius 1 is 1.83 bits per heavy atom. The molecule has 0 aromatic heterocycles. The van der Waals surface area contributed by atoms with E-state index in [0.29, 0.717) is 12.3 Å². The van der Waals surface area contributed by atoms with Crippen LogP contribution in [0.15, 0.2) is 12.2 Å². The Morgan fingerprint density at radius 3 is 3.08 bits per heavy atom. The molecule has 0 saturated carbocycles. The summed E-state index contributed by atoms with van der Waals surface area (Å²) in [6.07, 6.45) is 8.53. The molecule has 1 atom stereocenters.